The van der Waals surface area contributed by atoms with Crippen LogP contribution in [0.25, 0.3) is 0 Å². The Labute approximate surface area is 138 Å². The summed E-state index contributed by atoms with van der Waals surface area (Å²) < 4.78 is 0. The molecule has 1 amide bonds. The van der Waals surface area contributed by atoms with Gasteiger partial charge in [-0.2, -0.15) is 5.10 Å². The van der Waals surface area contributed by atoms with Gasteiger partial charge < -0.3 is 5.11 Å². The Morgan fingerprint density at radius 2 is 1.95 bits per heavy atom. The molecule has 0 atom stereocenters. The van der Waals surface area contributed by atoms with Crippen LogP contribution in [0.2, 0.25) is 10.0 Å². The molecule has 0 aliphatic carbocycles. The van der Waals surface area contributed by atoms with Crippen molar-refractivity contribution in [1.82, 2.24) is 5.43 Å². The summed E-state index contributed by atoms with van der Waals surface area (Å²) in [7, 11) is 0. The van der Waals surface area contributed by atoms with Gasteiger partial charge in [0.2, 0.25) is 0 Å². The monoisotopic (exact) mass is 336 g/mol. The maximum Gasteiger partial charge on any atom is 0.271 e. The van der Waals surface area contributed by atoms with Crippen LogP contribution in [0.5, 0.6) is 5.75 Å². The van der Waals surface area contributed by atoms with Crippen LogP contribution in [0.4, 0.5) is 0 Å². The van der Waals surface area contributed by atoms with E-state index in [4.69, 9.17) is 23.2 Å². The molecule has 0 aliphatic rings. The highest BCUT2D eigenvalue weighted by Crippen LogP contribution is 2.29. The molecule has 114 valence electrons. The van der Waals surface area contributed by atoms with Crippen LogP contribution >= 0.6 is 23.2 Å². The lowest BCUT2D eigenvalue weighted by Crippen LogP contribution is -2.18. The lowest BCUT2D eigenvalue weighted by molar-refractivity contribution is 0.0954. The molecule has 4 nitrogen and oxygen atoms in total. The van der Waals surface area contributed by atoms with Gasteiger partial charge in [0, 0.05) is 16.1 Å². The van der Waals surface area contributed by atoms with Crippen molar-refractivity contribution in [3.63, 3.8) is 0 Å². The van der Waals surface area contributed by atoms with Gasteiger partial charge in [-0.3, -0.25) is 4.79 Å². The number of aryl methyl sites for hydroxylation is 2. The van der Waals surface area contributed by atoms with Gasteiger partial charge in [-0.1, -0.05) is 40.9 Å². The number of phenolic OH excluding ortho intramolecular Hbond substituents is 1. The number of hydrazone groups is 1. The predicted octanol–water partition coefficient (Wildman–Crippen LogP) is 4.08. The highest BCUT2D eigenvalue weighted by Gasteiger charge is 2.09. The molecule has 0 radical (unpaired) electrons. The standard InChI is InChI=1S/C16H14Cl2N2O2/c1-9-3-4-10(2)13(5-9)16(22)20-19-8-11-6-12(17)7-14(18)15(11)21/h3-8,21H,1-2H3,(H,20,22). The molecule has 22 heavy (non-hydrogen) atoms. The number of halogens is 2. The minimum Gasteiger partial charge on any atom is -0.506 e. The number of carbonyl (C=O) groups is 1. The number of hydrogen-bond acceptors (Lipinski definition) is 3. The average Bonchev–Trinajstić information content (AvgIpc) is 2.46. The highest BCUT2D eigenvalue weighted by molar-refractivity contribution is 6.36. The van der Waals surface area contributed by atoms with Gasteiger partial charge in [0.25, 0.3) is 5.91 Å². The number of aromatic hydroxyl groups is 1. The Hall–Kier alpha value is -2.04. The van der Waals surface area contributed by atoms with E-state index >= 15 is 0 Å². The van der Waals surface area contributed by atoms with E-state index < -0.39 is 0 Å². The first kappa shape index (κ1) is 16.3. The number of nitrogens with one attached hydrogen (secondary N) is 1. The number of benzene rings is 2. The molecule has 2 aromatic carbocycles. The highest BCUT2D eigenvalue weighted by atomic mass is 35.5. The van der Waals surface area contributed by atoms with E-state index in [2.05, 4.69) is 10.5 Å². The molecule has 0 aliphatic heterocycles. The van der Waals surface area contributed by atoms with Gasteiger partial charge >= 0.3 is 0 Å². The van der Waals surface area contributed by atoms with E-state index in [1.807, 2.05) is 26.0 Å². The maximum absolute atomic E-state index is 12.1. The molecule has 0 saturated heterocycles. The number of amides is 1. The van der Waals surface area contributed by atoms with Gasteiger partial charge in [0.15, 0.2) is 0 Å². The first-order valence-corrected chi connectivity index (χ1v) is 7.22. The topological polar surface area (TPSA) is 61.7 Å². The largest absolute Gasteiger partial charge is 0.506 e. The number of nitrogens with zero attached hydrogens (tertiary/aromatic N) is 1. The fraction of sp³-hybridized carbons (Fsp3) is 0.125. The van der Waals surface area contributed by atoms with E-state index in [1.54, 1.807) is 6.07 Å². The second-order valence-electron chi connectivity index (χ2n) is 4.84. The Balaban J connectivity index is 2.16. The van der Waals surface area contributed by atoms with Crippen molar-refractivity contribution in [3.05, 3.63) is 62.6 Å². The van der Waals surface area contributed by atoms with Gasteiger partial charge in [-0.15, -0.1) is 0 Å². The van der Waals surface area contributed by atoms with Crippen LogP contribution in [0.3, 0.4) is 0 Å². The van der Waals surface area contributed by atoms with Crippen molar-refractivity contribution in [3.8, 4) is 5.75 Å². The molecular weight excluding hydrogens is 323 g/mol. The average molecular weight is 337 g/mol. The van der Waals surface area contributed by atoms with Crippen LogP contribution in [0.1, 0.15) is 27.0 Å². The molecule has 0 bridgehead atoms. The summed E-state index contributed by atoms with van der Waals surface area (Å²) in [6.07, 6.45) is 1.29. The van der Waals surface area contributed by atoms with E-state index in [0.717, 1.165) is 11.1 Å². The number of carbonyl (C=O) groups excluding carboxylic acids is 1. The third-order valence-electron chi connectivity index (χ3n) is 3.07. The normalized spacial score (nSPS) is 10.9. The predicted molar refractivity (Wildman–Crippen MR) is 89.1 cm³/mol. The maximum atomic E-state index is 12.1. The van der Waals surface area contributed by atoms with Crippen molar-refractivity contribution in [2.45, 2.75) is 13.8 Å². The first-order chi connectivity index (χ1) is 10.4. The van der Waals surface area contributed by atoms with Crippen LogP contribution in [0, 0.1) is 13.8 Å². The third kappa shape index (κ3) is 3.78. The molecule has 2 N–H and O–H groups in total. The van der Waals surface area contributed by atoms with E-state index in [9.17, 15) is 9.90 Å². The molecule has 0 heterocycles. The number of phenols is 1. The van der Waals surface area contributed by atoms with Crippen molar-refractivity contribution in [1.29, 1.82) is 0 Å². The Morgan fingerprint density at radius 3 is 2.68 bits per heavy atom. The summed E-state index contributed by atoms with van der Waals surface area (Å²) in [6.45, 7) is 3.76. The molecule has 2 rings (SSSR count). The van der Waals surface area contributed by atoms with Crippen LogP contribution < -0.4 is 5.43 Å². The SMILES string of the molecule is Cc1ccc(C)c(C(=O)NN=Cc2cc(Cl)cc(Cl)c2O)c1. The molecule has 0 saturated carbocycles. The third-order valence-corrected chi connectivity index (χ3v) is 3.57. The van der Waals surface area contributed by atoms with Crippen LogP contribution in [-0.4, -0.2) is 17.2 Å². The summed E-state index contributed by atoms with van der Waals surface area (Å²) in [6, 6.07) is 8.51. The van der Waals surface area contributed by atoms with Crippen molar-refractivity contribution < 1.29 is 9.90 Å². The molecule has 0 fully saturated rings. The van der Waals surface area contributed by atoms with Crippen molar-refractivity contribution in [2.75, 3.05) is 0 Å². The van der Waals surface area contributed by atoms with Gasteiger partial charge in [0.1, 0.15) is 5.75 Å². The Kier molecular flexibility index (Phi) is 5.06. The Morgan fingerprint density at radius 1 is 1.23 bits per heavy atom. The summed E-state index contributed by atoms with van der Waals surface area (Å²) >= 11 is 11.7. The second kappa shape index (κ2) is 6.81. The van der Waals surface area contributed by atoms with Gasteiger partial charge in [-0.25, -0.2) is 5.43 Å². The minimum atomic E-state index is -0.329. The lowest BCUT2D eigenvalue weighted by atomic mass is 10.1. The summed E-state index contributed by atoms with van der Waals surface area (Å²) in [5.41, 5.74) is 5.12. The molecular formula is C16H14Cl2N2O2. The van der Waals surface area contributed by atoms with Gasteiger partial charge in [-0.05, 0) is 37.6 Å². The van der Waals surface area contributed by atoms with E-state index in [0.29, 0.717) is 16.1 Å². The number of rotatable bonds is 3. The van der Waals surface area contributed by atoms with Gasteiger partial charge in [0.05, 0.1) is 11.2 Å². The zero-order valence-corrected chi connectivity index (χ0v) is 13.5. The zero-order valence-electron chi connectivity index (χ0n) is 12.0. The fourth-order valence-electron chi connectivity index (χ4n) is 1.89. The first-order valence-electron chi connectivity index (χ1n) is 6.47. The van der Waals surface area contributed by atoms with Crippen molar-refractivity contribution >= 4 is 35.3 Å². The van der Waals surface area contributed by atoms with Crippen LogP contribution in [-0.2, 0) is 0 Å². The smallest absolute Gasteiger partial charge is 0.271 e. The molecule has 6 heteroatoms. The molecule has 0 spiro atoms. The van der Waals surface area contributed by atoms with E-state index in [-0.39, 0.29) is 16.7 Å². The lowest BCUT2D eigenvalue weighted by Gasteiger charge is -2.05. The van der Waals surface area contributed by atoms with Crippen LogP contribution in [0.15, 0.2) is 35.4 Å². The quantitative estimate of drug-likeness (QED) is 0.655. The molecule has 0 unspecified atom stereocenters. The fourth-order valence-corrected chi connectivity index (χ4v) is 2.39. The summed E-state index contributed by atoms with van der Waals surface area (Å²) in [4.78, 5) is 12.1. The number of hydrogen-bond donors (Lipinski definition) is 2. The molecule has 2 aromatic rings. The van der Waals surface area contributed by atoms with Crippen molar-refractivity contribution in [2.24, 2.45) is 5.10 Å². The summed E-state index contributed by atoms with van der Waals surface area (Å²) in [5.74, 6) is -0.471. The summed E-state index contributed by atoms with van der Waals surface area (Å²) in [5, 5.41) is 14.1. The molecule has 0 aromatic heterocycles. The second-order valence-corrected chi connectivity index (χ2v) is 5.69. The minimum absolute atomic E-state index is 0.120. The zero-order chi connectivity index (χ0) is 16.3. The van der Waals surface area contributed by atoms with E-state index in [1.165, 1.54) is 18.3 Å². The Bertz CT molecular complexity index is 758.